The Morgan fingerprint density at radius 2 is 1.83 bits per heavy atom. The van der Waals surface area contributed by atoms with Crippen LogP contribution in [0.15, 0.2) is 4.52 Å². The number of aromatic nitrogens is 1. The molecule has 2 aliphatic carbocycles. The average molecular weight is 331 g/mol. The van der Waals surface area contributed by atoms with Crippen LogP contribution in [0.25, 0.3) is 0 Å². The van der Waals surface area contributed by atoms with E-state index in [-0.39, 0.29) is 54.2 Å². The Hall–Kier alpha value is -2.11. The van der Waals surface area contributed by atoms with Crippen LogP contribution in [0.4, 0.5) is 0 Å². The molecular formula is C18H21NO5. The fourth-order valence-electron chi connectivity index (χ4n) is 3.69. The van der Waals surface area contributed by atoms with Crippen LogP contribution >= 0.6 is 0 Å². The van der Waals surface area contributed by atoms with Gasteiger partial charge in [0, 0.05) is 38.5 Å². The van der Waals surface area contributed by atoms with Crippen molar-refractivity contribution < 1.29 is 23.7 Å². The van der Waals surface area contributed by atoms with Crippen molar-refractivity contribution in [2.24, 2.45) is 11.3 Å². The van der Waals surface area contributed by atoms with Gasteiger partial charge in [0.25, 0.3) is 0 Å². The fraction of sp³-hybridized carbons (Fsp3) is 0.611. The number of ketones is 4. The smallest absolute Gasteiger partial charge is 0.168 e. The molecule has 1 heterocycles. The summed E-state index contributed by atoms with van der Waals surface area (Å²) in [5.41, 5.74) is 0.596. The van der Waals surface area contributed by atoms with Crippen molar-refractivity contribution in [3.63, 3.8) is 0 Å². The summed E-state index contributed by atoms with van der Waals surface area (Å²) < 4.78 is 5.19. The lowest BCUT2D eigenvalue weighted by molar-refractivity contribution is -0.145. The number of hydrogen-bond acceptors (Lipinski definition) is 6. The summed E-state index contributed by atoms with van der Waals surface area (Å²) in [4.78, 5) is 48.7. The van der Waals surface area contributed by atoms with E-state index in [1.54, 1.807) is 0 Å². The molecule has 1 aromatic rings. The van der Waals surface area contributed by atoms with Gasteiger partial charge in [0.1, 0.15) is 11.7 Å². The van der Waals surface area contributed by atoms with Crippen molar-refractivity contribution in [1.82, 2.24) is 5.16 Å². The fourth-order valence-corrected chi connectivity index (χ4v) is 3.69. The number of carbonyl (C=O) groups excluding carboxylic acids is 4. The van der Waals surface area contributed by atoms with Crippen molar-refractivity contribution in [3.05, 3.63) is 17.0 Å². The molecule has 0 bridgehead atoms. The number of hydrogen-bond donors (Lipinski definition) is 0. The lowest BCUT2D eigenvalue weighted by atomic mass is 9.70. The lowest BCUT2D eigenvalue weighted by Crippen LogP contribution is -2.41. The van der Waals surface area contributed by atoms with Crippen molar-refractivity contribution >= 4 is 23.1 Å². The van der Waals surface area contributed by atoms with E-state index in [0.29, 0.717) is 29.9 Å². The van der Waals surface area contributed by atoms with E-state index in [0.717, 1.165) is 6.42 Å². The van der Waals surface area contributed by atoms with Crippen LogP contribution < -0.4 is 0 Å². The molecule has 0 radical (unpaired) electrons. The highest BCUT2D eigenvalue weighted by Crippen LogP contribution is 2.34. The minimum atomic E-state index is -1.14. The van der Waals surface area contributed by atoms with E-state index in [4.69, 9.17) is 4.52 Å². The van der Waals surface area contributed by atoms with E-state index >= 15 is 0 Å². The first-order valence-corrected chi connectivity index (χ1v) is 8.37. The van der Waals surface area contributed by atoms with E-state index in [1.165, 1.54) is 0 Å². The normalized spacial score (nSPS) is 21.0. The first kappa shape index (κ1) is 16.7. The second-order valence-corrected chi connectivity index (χ2v) is 7.55. The monoisotopic (exact) mass is 331 g/mol. The molecule has 128 valence electrons. The maximum atomic E-state index is 12.4. The van der Waals surface area contributed by atoms with Crippen molar-refractivity contribution in [3.8, 4) is 0 Å². The number of nitrogens with zero attached hydrogens (tertiary/aromatic N) is 1. The van der Waals surface area contributed by atoms with Gasteiger partial charge >= 0.3 is 0 Å². The number of aryl methyl sites for hydroxylation is 2. The maximum absolute atomic E-state index is 12.4. The second kappa shape index (κ2) is 6.07. The van der Waals surface area contributed by atoms with Gasteiger partial charge in [-0.2, -0.15) is 0 Å². The minimum Gasteiger partial charge on any atom is -0.360 e. The predicted molar refractivity (Wildman–Crippen MR) is 83.6 cm³/mol. The molecule has 0 saturated heterocycles. The highest BCUT2D eigenvalue weighted by molar-refractivity contribution is 6.20. The molecule has 1 aromatic heterocycles. The zero-order valence-electron chi connectivity index (χ0n) is 14.0. The number of rotatable bonds is 4. The Labute approximate surface area is 140 Å². The number of Topliss-reactive ketones (excluding diaryl/α,β-unsaturated/α-hetero) is 4. The highest BCUT2D eigenvalue weighted by Gasteiger charge is 2.43. The van der Waals surface area contributed by atoms with Gasteiger partial charge in [0.15, 0.2) is 23.1 Å². The summed E-state index contributed by atoms with van der Waals surface area (Å²) in [5.74, 6) is -1.53. The van der Waals surface area contributed by atoms with Gasteiger partial charge in [-0.3, -0.25) is 19.2 Å². The minimum absolute atomic E-state index is 0.00785. The summed E-state index contributed by atoms with van der Waals surface area (Å²) in [6, 6.07) is 0. The molecule has 1 fully saturated rings. The summed E-state index contributed by atoms with van der Waals surface area (Å²) in [7, 11) is 0. The van der Waals surface area contributed by atoms with Gasteiger partial charge < -0.3 is 4.52 Å². The van der Waals surface area contributed by atoms with Gasteiger partial charge in [-0.1, -0.05) is 19.0 Å². The predicted octanol–water partition coefficient (Wildman–Crippen LogP) is 2.27. The quantitative estimate of drug-likeness (QED) is 0.786. The molecule has 0 unspecified atom stereocenters. The van der Waals surface area contributed by atoms with Crippen molar-refractivity contribution in [2.75, 3.05) is 0 Å². The van der Waals surface area contributed by atoms with E-state index in [1.807, 2.05) is 13.8 Å². The Morgan fingerprint density at radius 1 is 1.17 bits per heavy atom. The summed E-state index contributed by atoms with van der Waals surface area (Å²) in [5, 5.41) is 3.91. The Kier molecular flexibility index (Phi) is 4.24. The van der Waals surface area contributed by atoms with Crippen LogP contribution in [0.1, 0.15) is 67.8 Å². The second-order valence-electron chi connectivity index (χ2n) is 7.55. The van der Waals surface area contributed by atoms with Crippen LogP contribution in [-0.4, -0.2) is 28.3 Å². The zero-order chi connectivity index (χ0) is 17.5. The van der Waals surface area contributed by atoms with Gasteiger partial charge in [-0.05, 0) is 11.8 Å². The number of carbonyl (C=O) groups is 4. The van der Waals surface area contributed by atoms with Crippen LogP contribution in [0.2, 0.25) is 0 Å². The number of fused-ring (bicyclic) bond motifs is 1. The molecule has 0 N–H and O–H groups in total. The summed E-state index contributed by atoms with van der Waals surface area (Å²) >= 11 is 0. The molecule has 2 aliphatic rings. The van der Waals surface area contributed by atoms with Crippen LogP contribution in [0.3, 0.4) is 0 Å². The molecular weight excluding hydrogens is 310 g/mol. The van der Waals surface area contributed by atoms with Gasteiger partial charge in [0.2, 0.25) is 0 Å². The van der Waals surface area contributed by atoms with Crippen molar-refractivity contribution in [2.45, 2.75) is 58.8 Å². The van der Waals surface area contributed by atoms with Crippen molar-refractivity contribution in [1.29, 1.82) is 0 Å². The first-order valence-electron chi connectivity index (χ1n) is 8.37. The standard InChI is InChI=1S/C18H21NO5/c1-18(2)8-13(22)17(14(23)9-18)12(21)7-6-10-16-11(20)4-3-5-15(16)24-19-10/h17H,3-9H2,1-2H3. The third-order valence-corrected chi connectivity index (χ3v) is 4.80. The maximum Gasteiger partial charge on any atom is 0.168 e. The highest BCUT2D eigenvalue weighted by atomic mass is 16.5. The molecule has 0 atom stereocenters. The third-order valence-electron chi connectivity index (χ3n) is 4.80. The SMILES string of the molecule is CC1(C)CC(=O)C(C(=O)CCc2noc3c2C(=O)CCC3)C(=O)C1. The Bertz CT molecular complexity index is 708. The van der Waals surface area contributed by atoms with Crippen LogP contribution in [0.5, 0.6) is 0 Å². The Balaban J connectivity index is 1.68. The summed E-state index contributed by atoms with van der Waals surface area (Å²) in [6.07, 6.45) is 2.62. The molecule has 6 heteroatoms. The summed E-state index contributed by atoms with van der Waals surface area (Å²) in [6.45, 7) is 3.72. The first-order chi connectivity index (χ1) is 11.3. The Morgan fingerprint density at radius 3 is 2.50 bits per heavy atom. The van der Waals surface area contributed by atoms with E-state index in [9.17, 15) is 19.2 Å². The molecule has 1 saturated carbocycles. The van der Waals surface area contributed by atoms with Crippen LogP contribution in [-0.2, 0) is 27.2 Å². The topological polar surface area (TPSA) is 94.3 Å². The van der Waals surface area contributed by atoms with Gasteiger partial charge in [-0.25, -0.2) is 0 Å². The van der Waals surface area contributed by atoms with E-state index in [2.05, 4.69) is 5.16 Å². The third kappa shape index (κ3) is 3.09. The molecule has 3 rings (SSSR count). The average Bonchev–Trinajstić information content (AvgIpc) is 2.87. The zero-order valence-corrected chi connectivity index (χ0v) is 14.0. The van der Waals surface area contributed by atoms with Crippen LogP contribution in [0, 0.1) is 11.3 Å². The largest absolute Gasteiger partial charge is 0.360 e. The lowest BCUT2D eigenvalue weighted by Gasteiger charge is -2.31. The molecule has 0 amide bonds. The van der Waals surface area contributed by atoms with Gasteiger partial charge in [-0.15, -0.1) is 0 Å². The molecule has 0 aromatic carbocycles. The molecule has 6 nitrogen and oxygen atoms in total. The van der Waals surface area contributed by atoms with Gasteiger partial charge in [0.05, 0.1) is 11.3 Å². The van der Waals surface area contributed by atoms with E-state index < -0.39 is 5.92 Å². The molecule has 0 spiro atoms. The molecule has 24 heavy (non-hydrogen) atoms. The molecule has 0 aliphatic heterocycles.